The Kier molecular flexibility index (Phi) is 4.70. The van der Waals surface area contributed by atoms with Crippen molar-refractivity contribution in [1.29, 1.82) is 0 Å². The van der Waals surface area contributed by atoms with E-state index in [2.05, 4.69) is 15.3 Å². The van der Waals surface area contributed by atoms with Crippen LogP contribution in [0.1, 0.15) is 22.5 Å². The number of rotatable bonds is 5. The molecule has 0 radical (unpaired) electrons. The van der Waals surface area contributed by atoms with Crippen LogP contribution in [0.3, 0.4) is 0 Å². The molecule has 0 atom stereocenters. The van der Waals surface area contributed by atoms with Gasteiger partial charge in [0.05, 0.1) is 16.3 Å². The topological polar surface area (TPSA) is 80.9 Å². The van der Waals surface area contributed by atoms with Crippen LogP contribution in [0.25, 0.3) is 0 Å². The molecule has 19 heavy (non-hydrogen) atoms. The van der Waals surface area contributed by atoms with E-state index >= 15 is 0 Å². The monoisotopic (exact) mass is 296 g/mol. The zero-order valence-electron chi connectivity index (χ0n) is 10.1. The number of anilines is 1. The molecule has 0 fully saturated rings. The molecule has 1 amide bonds. The quantitative estimate of drug-likeness (QED) is 0.828. The fourth-order valence-electron chi connectivity index (χ4n) is 1.56. The van der Waals surface area contributed by atoms with Crippen LogP contribution in [0, 0.1) is 0 Å². The molecular weight excluding hydrogens is 284 g/mol. The lowest BCUT2D eigenvalue weighted by atomic mass is 10.2. The van der Waals surface area contributed by atoms with Crippen LogP contribution >= 0.6 is 22.9 Å². The molecule has 0 aliphatic rings. The molecule has 0 saturated carbocycles. The van der Waals surface area contributed by atoms with Gasteiger partial charge in [0.15, 0.2) is 5.13 Å². The van der Waals surface area contributed by atoms with Crippen LogP contribution in [-0.4, -0.2) is 22.4 Å². The molecule has 100 valence electrons. The lowest BCUT2D eigenvalue weighted by Crippen LogP contribution is -2.25. The first-order valence-electron chi connectivity index (χ1n) is 5.74. The summed E-state index contributed by atoms with van der Waals surface area (Å²) in [6.07, 6.45) is 4.59. The van der Waals surface area contributed by atoms with Gasteiger partial charge in [0.2, 0.25) is 0 Å². The average Bonchev–Trinajstić information content (AvgIpc) is 2.81. The number of carbonyl (C=O) groups excluding carboxylic acids is 1. The molecule has 2 aromatic rings. The first kappa shape index (κ1) is 13.8. The number of nitrogen functional groups attached to an aromatic ring is 1. The smallest absolute Gasteiger partial charge is 0.252 e. The van der Waals surface area contributed by atoms with Gasteiger partial charge in [-0.3, -0.25) is 9.78 Å². The second-order valence-corrected chi connectivity index (χ2v) is 5.19. The number of aryl methyl sites for hydroxylation is 1. The number of nitrogens with zero attached hydrogens (tertiary/aromatic N) is 2. The van der Waals surface area contributed by atoms with E-state index in [9.17, 15) is 4.79 Å². The van der Waals surface area contributed by atoms with Crippen LogP contribution in [-0.2, 0) is 6.42 Å². The number of amides is 1. The van der Waals surface area contributed by atoms with Gasteiger partial charge in [0, 0.05) is 24.3 Å². The number of hydrogen-bond donors (Lipinski definition) is 2. The van der Waals surface area contributed by atoms with E-state index in [1.165, 1.54) is 17.5 Å². The van der Waals surface area contributed by atoms with E-state index in [1.54, 1.807) is 12.3 Å². The summed E-state index contributed by atoms with van der Waals surface area (Å²) in [4.78, 5) is 19.8. The Morgan fingerprint density at radius 3 is 3.05 bits per heavy atom. The standard InChI is InChI=1S/C12H13ClN4OS/c13-10-6-15-5-3-9(10)11(18)16-4-1-2-8-7-19-12(14)17-8/h3,5-7H,1-2,4H2,(H2,14,17)(H,16,18). The van der Waals surface area contributed by atoms with Crippen molar-refractivity contribution in [3.63, 3.8) is 0 Å². The molecule has 0 saturated heterocycles. The number of nitrogens with two attached hydrogens (primary N) is 1. The van der Waals surface area contributed by atoms with E-state index in [4.69, 9.17) is 17.3 Å². The van der Waals surface area contributed by atoms with E-state index in [1.807, 2.05) is 5.38 Å². The van der Waals surface area contributed by atoms with Crippen LogP contribution < -0.4 is 11.1 Å². The number of halogens is 1. The fourth-order valence-corrected chi connectivity index (χ4v) is 2.37. The van der Waals surface area contributed by atoms with Crippen molar-refractivity contribution in [2.75, 3.05) is 12.3 Å². The largest absolute Gasteiger partial charge is 0.375 e. The highest BCUT2D eigenvalue weighted by molar-refractivity contribution is 7.13. The maximum Gasteiger partial charge on any atom is 0.252 e. The van der Waals surface area contributed by atoms with Crippen LogP contribution in [0.5, 0.6) is 0 Å². The molecule has 0 aliphatic heterocycles. The lowest BCUT2D eigenvalue weighted by molar-refractivity contribution is 0.0953. The second-order valence-electron chi connectivity index (χ2n) is 3.89. The summed E-state index contributed by atoms with van der Waals surface area (Å²) in [5, 5.41) is 5.66. The number of pyridine rings is 1. The van der Waals surface area contributed by atoms with Gasteiger partial charge in [0.1, 0.15) is 0 Å². The third-order valence-corrected chi connectivity index (χ3v) is 3.51. The Labute approximate surface area is 119 Å². The second kappa shape index (κ2) is 6.49. The van der Waals surface area contributed by atoms with E-state index in [0.29, 0.717) is 22.3 Å². The maximum atomic E-state index is 11.8. The van der Waals surface area contributed by atoms with Crippen LogP contribution in [0.4, 0.5) is 5.13 Å². The van der Waals surface area contributed by atoms with Crippen molar-refractivity contribution in [2.24, 2.45) is 0 Å². The molecular formula is C12H13ClN4OS. The minimum atomic E-state index is -0.190. The van der Waals surface area contributed by atoms with Crippen molar-refractivity contribution in [2.45, 2.75) is 12.8 Å². The summed E-state index contributed by atoms with van der Waals surface area (Å²) in [5.74, 6) is -0.190. The predicted molar refractivity (Wildman–Crippen MR) is 76.4 cm³/mol. The fraction of sp³-hybridized carbons (Fsp3) is 0.250. The van der Waals surface area contributed by atoms with Crippen molar-refractivity contribution in [1.82, 2.24) is 15.3 Å². The molecule has 2 aromatic heterocycles. The Morgan fingerprint density at radius 1 is 1.53 bits per heavy atom. The highest BCUT2D eigenvalue weighted by atomic mass is 35.5. The van der Waals surface area contributed by atoms with Crippen molar-refractivity contribution >= 4 is 34.0 Å². The first-order chi connectivity index (χ1) is 9.16. The van der Waals surface area contributed by atoms with Gasteiger partial charge >= 0.3 is 0 Å². The first-order valence-corrected chi connectivity index (χ1v) is 7.00. The third-order valence-electron chi connectivity index (χ3n) is 2.48. The molecule has 0 bridgehead atoms. The number of hydrogen-bond acceptors (Lipinski definition) is 5. The Balaban J connectivity index is 1.77. The van der Waals surface area contributed by atoms with E-state index < -0.39 is 0 Å². The zero-order chi connectivity index (χ0) is 13.7. The van der Waals surface area contributed by atoms with Crippen LogP contribution in [0.2, 0.25) is 5.02 Å². The van der Waals surface area contributed by atoms with Crippen LogP contribution in [0.15, 0.2) is 23.8 Å². The Hall–Kier alpha value is -1.66. The van der Waals surface area contributed by atoms with Gasteiger partial charge < -0.3 is 11.1 Å². The zero-order valence-corrected chi connectivity index (χ0v) is 11.7. The average molecular weight is 297 g/mol. The van der Waals surface area contributed by atoms with Gasteiger partial charge in [-0.2, -0.15) is 0 Å². The van der Waals surface area contributed by atoms with Gasteiger partial charge in [-0.25, -0.2) is 4.98 Å². The predicted octanol–water partition coefficient (Wildman–Crippen LogP) is 2.14. The molecule has 5 nitrogen and oxygen atoms in total. The molecule has 0 aliphatic carbocycles. The molecule has 2 rings (SSSR count). The highest BCUT2D eigenvalue weighted by Gasteiger charge is 2.09. The molecule has 0 spiro atoms. The maximum absolute atomic E-state index is 11.8. The minimum Gasteiger partial charge on any atom is -0.375 e. The molecule has 0 unspecified atom stereocenters. The number of nitrogens with one attached hydrogen (secondary N) is 1. The normalized spacial score (nSPS) is 10.4. The number of thiazole rings is 1. The minimum absolute atomic E-state index is 0.190. The summed E-state index contributed by atoms with van der Waals surface area (Å²) < 4.78 is 0. The SMILES string of the molecule is Nc1nc(CCCNC(=O)c2ccncc2Cl)cs1. The number of aromatic nitrogens is 2. The summed E-state index contributed by atoms with van der Waals surface area (Å²) >= 11 is 7.31. The molecule has 2 heterocycles. The highest BCUT2D eigenvalue weighted by Crippen LogP contribution is 2.13. The lowest BCUT2D eigenvalue weighted by Gasteiger charge is -2.05. The van der Waals surface area contributed by atoms with Crippen molar-refractivity contribution < 1.29 is 4.79 Å². The Bertz CT molecular complexity index is 572. The third kappa shape index (κ3) is 3.90. The van der Waals surface area contributed by atoms with E-state index in [-0.39, 0.29) is 5.91 Å². The Morgan fingerprint density at radius 2 is 2.37 bits per heavy atom. The van der Waals surface area contributed by atoms with Crippen molar-refractivity contribution in [3.05, 3.63) is 40.1 Å². The molecule has 0 aromatic carbocycles. The summed E-state index contributed by atoms with van der Waals surface area (Å²) in [7, 11) is 0. The van der Waals surface area contributed by atoms with Gasteiger partial charge in [-0.1, -0.05) is 11.6 Å². The van der Waals surface area contributed by atoms with Gasteiger partial charge in [-0.05, 0) is 18.9 Å². The molecule has 3 N–H and O–H groups in total. The molecule has 7 heteroatoms. The van der Waals surface area contributed by atoms with E-state index in [0.717, 1.165) is 18.5 Å². The van der Waals surface area contributed by atoms with Gasteiger partial charge in [0.25, 0.3) is 5.91 Å². The summed E-state index contributed by atoms with van der Waals surface area (Å²) in [6, 6.07) is 1.60. The summed E-state index contributed by atoms with van der Waals surface area (Å²) in [6.45, 7) is 0.564. The van der Waals surface area contributed by atoms with Gasteiger partial charge in [-0.15, -0.1) is 11.3 Å². The number of carbonyl (C=O) groups is 1. The summed E-state index contributed by atoms with van der Waals surface area (Å²) in [5.41, 5.74) is 6.94. The van der Waals surface area contributed by atoms with Crippen molar-refractivity contribution in [3.8, 4) is 0 Å².